The summed E-state index contributed by atoms with van der Waals surface area (Å²) in [5.41, 5.74) is 3.55. The van der Waals surface area contributed by atoms with Crippen molar-refractivity contribution in [3.8, 4) is 17.2 Å². The van der Waals surface area contributed by atoms with Crippen LogP contribution in [-0.2, 0) is 11.3 Å². The Kier molecular flexibility index (Phi) is 6.62. The number of nitrogens with zero attached hydrogens (tertiary/aromatic N) is 3. The lowest BCUT2D eigenvalue weighted by Gasteiger charge is -2.33. The minimum absolute atomic E-state index is 0.154. The summed E-state index contributed by atoms with van der Waals surface area (Å²) in [6.07, 6.45) is 5.27. The molecule has 2 aromatic carbocycles. The van der Waals surface area contributed by atoms with Gasteiger partial charge in [0.2, 0.25) is 0 Å². The van der Waals surface area contributed by atoms with Crippen LogP contribution in [0, 0.1) is 11.3 Å². The molecule has 1 saturated heterocycles. The molecule has 0 saturated carbocycles. The van der Waals surface area contributed by atoms with Crippen LogP contribution in [0.5, 0.6) is 0 Å². The van der Waals surface area contributed by atoms with Crippen LogP contribution in [0.25, 0.3) is 21.9 Å². The molecular formula is C27H30N4O2. The standard InChI is InChI=1S/C27H30N4O2/c1-27(2,3)33-26(32)30-23-10-12-31(13-11-23)18-20-6-9-22-16-29-17-25(24(22)14-20)21-7-4-19(15-28)5-8-21/h4-9,14,16-17,23H,10-13,18H2,1-3H3,(H,30,32). The Labute approximate surface area is 195 Å². The van der Waals surface area contributed by atoms with Gasteiger partial charge in [0.05, 0.1) is 11.6 Å². The third kappa shape index (κ3) is 5.88. The highest BCUT2D eigenvalue weighted by molar-refractivity contribution is 5.96. The van der Waals surface area contributed by atoms with Gasteiger partial charge in [-0.2, -0.15) is 5.26 Å². The van der Waals surface area contributed by atoms with Crippen molar-refractivity contribution < 1.29 is 9.53 Å². The van der Waals surface area contributed by atoms with Crippen molar-refractivity contribution >= 4 is 16.9 Å². The van der Waals surface area contributed by atoms with E-state index in [0.717, 1.165) is 54.4 Å². The summed E-state index contributed by atoms with van der Waals surface area (Å²) < 4.78 is 5.38. The third-order valence-corrected chi connectivity index (χ3v) is 5.86. The largest absolute Gasteiger partial charge is 0.444 e. The molecule has 1 N–H and O–H groups in total. The van der Waals surface area contributed by atoms with E-state index in [1.54, 1.807) is 0 Å². The van der Waals surface area contributed by atoms with Gasteiger partial charge in [0.25, 0.3) is 0 Å². The van der Waals surface area contributed by atoms with Gasteiger partial charge in [-0.05, 0) is 68.3 Å². The number of carbonyl (C=O) groups excluding carboxylic acids is 1. The summed E-state index contributed by atoms with van der Waals surface area (Å²) in [5.74, 6) is 0. The Morgan fingerprint density at radius 2 is 1.88 bits per heavy atom. The molecule has 6 nitrogen and oxygen atoms in total. The Hall–Kier alpha value is -3.43. The van der Waals surface area contributed by atoms with Crippen LogP contribution in [0.2, 0.25) is 0 Å². The minimum atomic E-state index is -0.479. The highest BCUT2D eigenvalue weighted by Crippen LogP contribution is 2.29. The molecule has 0 bridgehead atoms. The first-order valence-electron chi connectivity index (χ1n) is 11.4. The predicted octanol–water partition coefficient (Wildman–Crippen LogP) is 5.26. The molecule has 1 aliphatic heterocycles. The van der Waals surface area contributed by atoms with E-state index in [4.69, 9.17) is 10.00 Å². The van der Waals surface area contributed by atoms with Gasteiger partial charge in [-0.3, -0.25) is 9.88 Å². The topological polar surface area (TPSA) is 78.2 Å². The average Bonchev–Trinajstić information content (AvgIpc) is 2.79. The minimum Gasteiger partial charge on any atom is -0.444 e. The first-order chi connectivity index (χ1) is 15.8. The third-order valence-electron chi connectivity index (χ3n) is 5.86. The van der Waals surface area contributed by atoms with Gasteiger partial charge >= 0.3 is 6.09 Å². The second-order valence-corrected chi connectivity index (χ2v) is 9.63. The van der Waals surface area contributed by atoms with Crippen molar-refractivity contribution in [1.82, 2.24) is 15.2 Å². The van der Waals surface area contributed by atoms with E-state index >= 15 is 0 Å². The number of amides is 1. The number of hydrogen-bond acceptors (Lipinski definition) is 5. The summed E-state index contributed by atoms with van der Waals surface area (Å²) in [4.78, 5) is 18.9. The lowest BCUT2D eigenvalue weighted by atomic mass is 9.98. The first-order valence-corrected chi connectivity index (χ1v) is 11.4. The van der Waals surface area contributed by atoms with Crippen LogP contribution in [-0.4, -0.2) is 40.7 Å². The monoisotopic (exact) mass is 442 g/mol. The van der Waals surface area contributed by atoms with E-state index in [2.05, 4.69) is 39.5 Å². The summed E-state index contributed by atoms with van der Waals surface area (Å²) in [6, 6.07) is 16.5. The zero-order chi connectivity index (χ0) is 23.4. The molecule has 2 heterocycles. The van der Waals surface area contributed by atoms with Crippen molar-refractivity contribution in [2.24, 2.45) is 0 Å². The van der Waals surface area contributed by atoms with E-state index in [0.29, 0.717) is 5.56 Å². The number of aromatic nitrogens is 1. The molecule has 0 radical (unpaired) electrons. The van der Waals surface area contributed by atoms with E-state index < -0.39 is 5.60 Å². The van der Waals surface area contributed by atoms with Gasteiger partial charge in [0, 0.05) is 49.0 Å². The number of carbonyl (C=O) groups is 1. The second kappa shape index (κ2) is 9.60. The molecular weight excluding hydrogens is 412 g/mol. The quantitative estimate of drug-likeness (QED) is 0.596. The summed E-state index contributed by atoms with van der Waals surface area (Å²) in [6.45, 7) is 8.35. The van der Waals surface area contributed by atoms with Gasteiger partial charge in [0.15, 0.2) is 0 Å². The molecule has 0 unspecified atom stereocenters. The Bertz CT molecular complexity index is 1170. The van der Waals surface area contributed by atoms with E-state index in [-0.39, 0.29) is 12.1 Å². The molecule has 1 fully saturated rings. The van der Waals surface area contributed by atoms with Crippen LogP contribution in [0.15, 0.2) is 54.9 Å². The van der Waals surface area contributed by atoms with Crippen molar-refractivity contribution in [2.45, 2.75) is 51.8 Å². The molecule has 6 heteroatoms. The van der Waals surface area contributed by atoms with Crippen molar-refractivity contribution in [2.75, 3.05) is 13.1 Å². The Balaban J connectivity index is 1.42. The number of rotatable bonds is 4. The molecule has 0 atom stereocenters. The SMILES string of the molecule is CC(C)(C)OC(=O)NC1CCN(Cc2ccc3cncc(-c4ccc(C#N)cc4)c3c2)CC1. The molecule has 0 aliphatic carbocycles. The Morgan fingerprint density at radius 1 is 1.15 bits per heavy atom. The number of alkyl carbamates (subject to hydrolysis) is 1. The number of benzene rings is 2. The summed E-state index contributed by atoms with van der Waals surface area (Å²) >= 11 is 0. The molecule has 33 heavy (non-hydrogen) atoms. The van der Waals surface area contributed by atoms with Crippen molar-refractivity contribution in [3.05, 3.63) is 66.0 Å². The molecule has 3 aromatic rings. The number of pyridine rings is 1. The van der Waals surface area contributed by atoms with Crippen LogP contribution in [0.3, 0.4) is 0 Å². The fourth-order valence-electron chi connectivity index (χ4n) is 4.23. The maximum Gasteiger partial charge on any atom is 0.407 e. The van der Waals surface area contributed by atoms with Crippen molar-refractivity contribution in [3.63, 3.8) is 0 Å². The number of hydrogen-bond donors (Lipinski definition) is 1. The van der Waals surface area contributed by atoms with Gasteiger partial charge in [0.1, 0.15) is 5.60 Å². The fourth-order valence-corrected chi connectivity index (χ4v) is 4.23. The maximum atomic E-state index is 12.0. The lowest BCUT2D eigenvalue weighted by molar-refractivity contribution is 0.0477. The van der Waals surface area contributed by atoms with Gasteiger partial charge < -0.3 is 10.1 Å². The maximum absolute atomic E-state index is 12.0. The van der Waals surface area contributed by atoms with Gasteiger partial charge in [-0.25, -0.2) is 4.79 Å². The predicted molar refractivity (Wildman–Crippen MR) is 130 cm³/mol. The number of nitriles is 1. The van der Waals surface area contributed by atoms with Crippen LogP contribution >= 0.6 is 0 Å². The number of ether oxygens (including phenoxy) is 1. The van der Waals surface area contributed by atoms with Crippen LogP contribution < -0.4 is 5.32 Å². The van der Waals surface area contributed by atoms with E-state index in [1.807, 2.05) is 57.4 Å². The number of fused-ring (bicyclic) bond motifs is 1. The highest BCUT2D eigenvalue weighted by Gasteiger charge is 2.23. The first kappa shape index (κ1) is 22.8. The van der Waals surface area contributed by atoms with E-state index in [1.165, 1.54) is 5.56 Å². The van der Waals surface area contributed by atoms with Crippen LogP contribution in [0.4, 0.5) is 4.79 Å². The molecule has 1 aliphatic rings. The molecule has 4 rings (SSSR count). The van der Waals surface area contributed by atoms with Gasteiger partial charge in [-0.1, -0.05) is 24.3 Å². The highest BCUT2D eigenvalue weighted by atomic mass is 16.6. The molecule has 170 valence electrons. The van der Waals surface area contributed by atoms with Crippen LogP contribution in [0.1, 0.15) is 44.7 Å². The smallest absolute Gasteiger partial charge is 0.407 e. The Morgan fingerprint density at radius 3 is 2.55 bits per heavy atom. The molecule has 1 amide bonds. The van der Waals surface area contributed by atoms with Crippen molar-refractivity contribution in [1.29, 1.82) is 5.26 Å². The average molecular weight is 443 g/mol. The zero-order valence-corrected chi connectivity index (χ0v) is 19.5. The molecule has 1 aromatic heterocycles. The van der Waals surface area contributed by atoms with Gasteiger partial charge in [-0.15, -0.1) is 0 Å². The number of likely N-dealkylation sites (tertiary alicyclic amines) is 1. The summed E-state index contributed by atoms with van der Waals surface area (Å²) in [5, 5.41) is 14.3. The normalized spacial score (nSPS) is 15.2. The molecule has 0 spiro atoms. The fraction of sp³-hybridized carbons (Fsp3) is 0.370. The zero-order valence-electron chi connectivity index (χ0n) is 19.5. The lowest BCUT2D eigenvalue weighted by Crippen LogP contribution is -2.45. The van der Waals surface area contributed by atoms with E-state index in [9.17, 15) is 4.79 Å². The second-order valence-electron chi connectivity index (χ2n) is 9.63. The summed E-state index contributed by atoms with van der Waals surface area (Å²) in [7, 11) is 0. The number of piperidine rings is 1. The number of nitrogens with one attached hydrogen (secondary N) is 1.